The molecular formula is C9H15ClN2OS. The van der Waals surface area contributed by atoms with Crippen molar-refractivity contribution in [3.8, 4) is 5.19 Å². The Labute approximate surface area is 93.5 Å². The highest BCUT2D eigenvalue weighted by Crippen LogP contribution is 2.19. The Bertz CT molecular complexity index is 255. The molecule has 1 heterocycles. The average Bonchev–Trinajstić information content (AvgIpc) is 2.65. The van der Waals surface area contributed by atoms with Crippen molar-refractivity contribution in [2.75, 3.05) is 6.61 Å². The number of halogens is 1. The van der Waals surface area contributed by atoms with Crippen LogP contribution >= 0.6 is 22.9 Å². The van der Waals surface area contributed by atoms with Crippen molar-refractivity contribution in [3.63, 3.8) is 0 Å². The van der Waals surface area contributed by atoms with Gasteiger partial charge in [0.05, 0.1) is 12.5 Å². The number of ether oxygens (including phenoxy) is 1. The van der Waals surface area contributed by atoms with Gasteiger partial charge in [0, 0.05) is 0 Å². The normalized spacial score (nSPS) is 10.4. The van der Waals surface area contributed by atoms with Crippen molar-refractivity contribution in [2.45, 2.75) is 38.5 Å². The fourth-order valence-electron chi connectivity index (χ4n) is 1.04. The van der Waals surface area contributed by atoms with Crippen LogP contribution in [0.25, 0.3) is 0 Å². The van der Waals surface area contributed by atoms with Gasteiger partial charge in [0.2, 0.25) is 0 Å². The molecule has 0 N–H and O–H groups in total. The van der Waals surface area contributed by atoms with Crippen LogP contribution in [0.4, 0.5) is 0 Å². The van der Waals surface area contributed by atoms with Crippen molar-refractivity contribution in [1.29, 1.82) is 0 Å². The second-order valence-electron chi connectivity index (χ2n) is 3.00. The SMILES string of the molecule is CCCCCCOc1nnc(CCl)s1. The summed E-state index contributed by atoms with van der Waals surface area (Å²) in [5, 5.41) is 9.18. The number of nitrogens with zero attached hydrogens (tertiary/aromatic N) is 2. The van der Waals surface area contributed by atoms with Gasteiger partial charge < -0.3 is 4.74 Å². The molecule has 0 bridgehead atoms. The third-order valence-electron chi connectivity index (χ3n) is 1.79. The highest BCUT2D eigenvalue weighted by atomic mass is 35.5. The molecule has 0 amide bonds. The first-order chi connectivity index (χ1) is 6.86. The molecule has 3 nitrogen and oxygen atoms in total. The summed E-state index contributed by atoms with van der Waals surface area (Å²) in [5.74, 6) is 0.414. The van der Waals surface area contributed by atoms with Gasteiger partial charge in [-0.25, -0.2) is 0 Å². The van der Waals surface area contributed by atoms with E-state index in [2.05, 4.69) is 17.1 Å². The fourth-order valence-corrected chi connectivity index (χ4v) is 1.82. The summed E-state index contributed by atoms with van der Waals surface area (Å²) in [6, 6.07) is 0. The number of unbranched alkanes of at least 4 members (excludes halogenated alkanes) is 3. The molecule has 80 valence electrons. The topological polar surface area (TPSA) is 35.0 Å². The summed E-state index contributed by atoms with van der Waals surface area (Å²) in [5.41, 5.74) is 0. The molecule has 1 rings (SSSR count). The van der Waals surface area contributed by atoms with Crippen LogP contribution < -0.4 is 4.74 Å². The molecule has 0 fully saturated rings. The van der Waals surface area contributed by atoms with Crippen LogP contribution in [0.15, 0.2) is 0 Å². The van der Waals surface area contributed by atoms with E-state index >= 15 is 0 Å². The predicted molar refractivity (Wildman–Crippen MR) is 59.1 cm³/mol. The van der Waals surface area contributed by atoms with Gasteiger partial charge >= 0.3 is 0 Å². The molecule has 0 spiro atoms. The minimum atomic E-state index is 0.414. The molecule has 0 aliphatic heterocycles. The van der Waals surface area contributed by atoms with Gasteiger partial charge in [-0.3, -0.25) is 0 Å². The summed E-state index contributed by atoms with van der Waals surface area (Å²) in [7, 11) is 0. The maximum Gasteiger partial charge on any atom is 0.294 e. The van der Waals surface area contributed by atoms with E-state index in [-0.39, 0.29) is 0 Å². The smallest absolute Gasteiger partial charge is 0.294 e. The third-order valence-corrected chi connectivity index (χ3v) is 3.03. The first-order valence-corrected chi connectivity index (χ1v) is 6.23. The van der Waals surface area contributed by atoms with E-state index in [4.69, 9.17) is 16.3 Å². The first-order valence-electron chi connectivity index (χ1n) is 4.88. The van der Waals surface area contributed by atoms with Crippen molar-refractivity contribution < 1.29 is 4.74 Å². The Morgan fingerprint density at radius 3 is 2.79 bits per heavy atom. The fraction of sp³-hybridized carbons (Fsp3) is 0.778. The number of hydrogen-bond donors (Lipinski definition) is 0. The molecule has 1 aromatic rings. The highest BCUT2D eigenvalue weighted by molar-refractivity contribution is 7.13. The van der Waals surface area contributed by atoms with Gasteiger partial charge in [-0.1, -0.05) is 37.5 Å². The lowest BCUT2D eigenvalue weighted by Gasteiger charge is -1.99. The summed E-state index contributed by atoms with van der Waals surface area (Å²) < 4.78 is 5.42. The molecular weight excluding hydrogens is 220 g/mol. The number of rotatable bonds is 7. The zero-order valence-corrected chi connectivity index (χ0v) is 9.90. The minimum absolute atomic E-state index is 0.414. The zero-order valence-electron chi connectivity index (χ0n) is 8.33. The summed E-state index contributed by atoms with van der Waals surface area (Å²) >= 11 is 7.02. The van der Waals surface area contributed by atoms with Gasteiger partial charge in [0.25, 0.3) is 5.19 Å². The van der Waals surface area contributed by atoms with E-state index in [0.717, 1.165) is 18.0 Å². The van der Waals surface area contributed by atoms with Crippen molar-refractivity contribution in [3.05, 3.63) is 5.01 Å². The molecule has 0 aliphatic rings. The summed E-state index contributed by atoms with van der Waals surface area (Å²) in [6.45, 7) is 2.93. The van der Waals surface area contributed by atoms with Gasteiger partial charge in [-0.2, -0.15) is 0 Å². The Morgan fingerprint density at radius 1 is 1.29 bits per heavy atom. The Hall–Kier alpha value is -0.350. The Balaban J connectivity index is 2.12. The van der Waals surface area contributed by atoms with E-state index in [9.17, 15) is 0 Å². The van der Waals surface area contributed by atoms with E-state index in [0.29, 0.717) is 11.1 Å². The van der Waals surface area contributed by atoms with Crippen LogP contribution in [0.5, 0.6) is 5.19 Å². The van der Waals surface area contributed by atoms with Crippen LogP contribution in [0.3, 0.4) is 0 Å². The van der Waals surface area contributed by atoms with Crippen LogP contribution in [-0.2, 0) is 5.88 Å². The molecule has 0 saturated carbocycles. The molecule has 0 aromatic carbocycles. The second-order valence-corrected chi connectivity index (χ2v) is 4.30. The maximum atomic E-state index is 5.60. The van der Waals surface area contributed by atoms with Crippen molar-refractivity contribution >= 4 is 22.9 Å². The van der Waals surface area contributed by atoms with E-state index < -0.39 is 0 Å². The number of hydrogen-bond acceptors (Lipinski definition) is 4. The maximum absolute atomic E-state index is 5.60. The number of alkyl halides is 1. The van der Waals surface area contributed by atoms with E-state index in [1.54, 1.807) is 0 Å². The highest BCUT2D eigenvalue weighted by Gasteiger charge is 2.02. The van der Waals surface area contributed by atoms with Gasteiger partial charge in [-0.15, -0.1) is 21.8 Å². The second kappa shape index (κ2) is 7.01. The molecule has 0 radical (unpaired) electrons. The molecule has 14 heavy (non-hydrogen) atoms. The standard InChI is InChI=1S/C9H15ClN2OS/c1-2-3-4-5-6-13-9-12-11-8(7-10)14-9/h2-7H2,1H3. The number of aromatic nitrogens is 2. The van der Waals surface area contributed by atoms with Crippen molar-refractivity contribution in [1.82, 2.24) is 10.2 Å². The summed E-state index contributed by atoms with van der Waals surface area (Å²) in [4.78, 5) is 0. The average molecular weight is 235 g/mol. The Kier molecular flexibility index (Phi) is 5.87. The molecule has 0 aliphatic carbocycles. The van der Waals surface area contributed by atoms with Crippen LogP contribution in [0, 0.1) is 0 Å². The van der Waals surface area contributed by atoms with Crippen LogP contribution in [-0.4, -0.2) is 16.8 Å². The van der Waals surface area contributed by atoms with Gasteiger partial charge in [-0.05, 0) is 6.42 Å². The zero-order chi connectivity index (χ0) is 10.2. The largest absolute Gasteiger partial charge is 0.469 e. The minimum Gasteiger partial charge on any atom is -0.469 e. The lowest BCUT2D eigenvalue weighted by Crippen LogP contribution is -1.96. The van der Waals surface area contributed by atoms with Crippen molar-refractivity contribution in [2.24, 2.45) is 0 Å². The van der Waals surface area contributed by atoms with Gasteiger partial charge in [0.15, 0.2) is 0 Å². The van der Waals surface area contributed by atoms with Crippen LogP contribution in [0.1, 0.15) is 37.6 Å². The predicted octanol–water partition coefficient (Wildman–Crippen LogP) is 3.24. The van der Waals surface area contributed by atoms with Crippen LogP contribution in [0.2, 0.25) is 0 Å². The van der Waals surface area contributed by atoms with Gasteiger partial charge in [0.1, 0.15) is 5.01 Å². The molecule has 5 heteroatoms. The first kappa shape index (κ1) is 11.7. The lowest BCUT2D eigenvalue weighted by atomic mass is 10.2. The molecule has 1 aromatic heterocycles. The third kappa shape index (κ3) is 4.24. The summed E-state index contributed by atoms with van der Waals surface area (Å²) in [6.07, 6.45) is 4.82. The van der Waals surface area contributed by atoms with E-state index in [1.807, 2.05) is 0 Å². The quantitative estimate of drug-likeness (QED) is 0.537. The van der Waals surface area contributed by atoms with E-state index in [1.165, 1.54) is 30.6 Å². The Morgan fingerprint density at radius 2 is 2.14 bits per heavy atom. The molecule has 0 atom stereocenters. The molecule has 0 saturated heterocycles. The monoisotopic (exact) mass is 234 g/mol. The lowest BCUT2D eigenvalue weighted by molar-refractivity contribution is 0.301. The molecule has 0 unspecified atom stereocenters.